The number of para-hydroxylation sites is 1. The van der Waals surface area contributed by atoms with E-state index in [2.05, 4.69) is 20.9 Å². The van der Waals surface area contributed by atoms with E-state index in [1.807, 2.05) is 60.8 Å². The van der Waals surface area contributed by atoms with Crippen molar-refractivity contribution in [2.45, 2.75) is 82.4 Å². The first-order chi connectivity index (χ1) is 22.2. The zero-order valence-corrected chi connectivity index (χ0v) is 26.3. The van der Waals surface area contributed by atoms with Gasteiger partial charge in [0.25, 0.3) is 0 Å². The number of carbonyl (C=O) groups is 4. The lowest BCUT2D eigenvalue weighted by Crippen LogP contribution is -2.60. The van der Waals surface area contributed by atoms with Crippen LogP contribution in [0.15, 0.2) is 60.8 Å². The van der Waals surface area contributed by atoms with E-state index in [-0.39, 0.29) is 44.2 Å². The number of aliphatic carboxylic acids is 1. The lowest BCUT2D eigenvalue weighted by molar-refractivity contribution is -0.137. The van der Waals surface area contributed by atoms with E-state index in [0.717, 1.165) is 59.5 Å². The predicted molar refractivity (Wildman–Crippen MR) is 173 cm³/mol. The summed E-state index contributed by atoms with van der Waals surface area (Å²) in [6.07, 6.45) is 7.31. The summed E-state index contributed by atoms with van der Waals surface area (Å²) in [5, 5.41) is 18.8. The van der Waals surface area contributed by atoms with Gasteiger partial charge in [-0.2, -0.15) is 0 Å². The quantitative estimate of drug-likeness (QED) is 0.175. The van der Waals surface area contributed by atoms with E-state index in [0.29, 0.717) is 11.8 Å². The molecule has 0 saturated heterocycles. The number of alkyl carbamates (subject to hydrolysis) is 1. The highest BCUT2D eigenvalue weighted by atomic mass is 16.6. The standard InChI is InChI=1S/C36H44N4O6/c1-36(19-27-20-37-29-11-6-5-10-28(27)29,40-35(45)46-33-25-15-22-14-23(17-25)18-26(33)16-22)34(44)38-21-30(24-8-3-2-4-9-24)39-31(41)12-7-13-32(42)43/h2-6,8-11,20,22-23,25-26,30,33,37H,7,12-19,21H2,1H3,(H,38,44)(H,39,41)(H,40,45)(H,42,43)/t22?,23?,25?,26?,30-,33?,36+/m0/s1. The molecule has 5 N–H and O–H groups in total. The van der Waals surface area contributed by atoms with Gasteiger partial charge < -0.3 is 30.8 Å². The Morgan fingerprint density at radius 2 is 1.61 bits per heavy atom. The molecule has 0 unspecified atom stereocenters. The molecule has 1 heterocycles. The van der Waals surface area contributed by atoms with Crippen LogP contribution in [0.25, 0.3) is 10.9 Å². The summed E-state index contributed by atoms with van der Waals surface area (Å²) >= 11 is 0. The van der Waals surface area contributed by atoms with E-state index < -0.39 is 29.6 Å². The monoisotopic (exact) mass is 628 g/mol. The summed E-state index contributed by atoms with van der Waals surface area (Å²) in [5.74, 6) is 0.618. The summed E-state index contributed by atoms with van der Waals surface area (Å²) in [6.45, 7) is 1.79. The Labute approximate surface area is 269 Å². The molecule has 0 aliphatic heterocycles. The van der Waals surface area contributed by atoms with Gasteiger partial charge in [-0.25, -0.2) is 4.79 Å². The zero-order valence-electron chi connectivity index (χ0n) is 26.3. The normalized spacial score (nSPS) is 24.9. The second-order valence-corrected chi connectivity index (χ2v) is 13.8. The van der Waals surface area contributed by atoms with Crippen molar-refractivity contribution in [3.8, 4) is 0 Å². The zero-order chi connectivity index (χ0) is 32.3. The van der Waals surface area contributed by atoms with Gasteiger partial charge in [0.15, 0.2) is 0 Å². The third kappa shape index (κ3) is 7.21. The molecule has 1 aromatic heterocycles. The van der Waals surface area contributed by atoms with Gasteiger partial charge in [0.2, 0.25) is 11.8 Å². The van der Waals surface area contributed by atoms with E-state index in [4.69, 9.17) is 9.84 Å². The van der Waals surface area contributed by atoms with Crippen LogP contribution in [0.4, 0.5) is 4.79 Å². The Hall–Kier alpha value is -4.34. The summed E-state index contributed by atoms with van der Waals surface area (Å²) in [6, 6.07) is 16.6. The number of aromatic nitrogens is 1. The van der Waals surface area contributed by atoms with E-state index >= 15 is 0 Å². The molecular weight excluding hydrogens is 584 g/mol. The molecular formula is C36H44N4O6. The largest absolute Gasteiger partial charge is 0.481 e. The number of carboxylic acid groups (broad SMARTS) is 1. The number of hydrogen-bond acceptors (Lipinski definition) is 5. The van der Waals surface area contributed by atoms with Crippen LogP contribution in [0.5, 0.6) is 0 Å². The number of rotatable bonds is 13. The molecule has 4 aliphatic rings. The Morgan fingerprint density at radius 1 is 0.935 bits per heavy atom. The minimum atomic E-state index is -1.36. The predicted octanol–water partition coefficient (Wildman–Crippen LogP) is 5.25. The van der Waals surface area contributed by atoms with Crippen LogP contribution < -0.4 is 16.0 Å². The third-order valence-corrected chi connectivity index (χ3v) is 10.3. The van der Waals surface area contributed by atoms with Crippen molar-refractivity contribution in [2.24, 2.45) is 23.7 Å². The van der Waals surface area contributed by atoms with Gasteiger partial charge in [0, 0.05) is 42.9 Å². The molecule has 3 aromatic rings. The Kier molecular flexibility index (Phi) is 9.33. The number of ether oxygens (including phenoxy) is 1. The van der Waals surface area contributed by atoms with Gasteiger partial charge in [-0.15, -0.1) is 0 Å². The van der Waals surface area contributed by atoms with Gasteiger partial charge in [0.05, 0.1) is 6.04 Å². The smallest absolute Gasteiger partial charge is 0.408 e. The van der Waals surface area contributed by atoms with E-state index in [1.54, 1.807) is 6.92 Å². The average Bonchev–Trinajstić information content (AvgIpc) is 3.43. The van der Waals surface area contributed by atoms with Gasteiger partial charge >= 0.3 is 12.1 Å². The lowest BCUT2D eigenvalue weighted by atomic mass is 9.55. The number of carboxylic acids is 1. The second-order valence-electron chi connectivity index (χ2n) is 13.8. The number of nitrogens with one attached hydrogen (secondary N) is 4. The summed E-state index contributed by atoms with van der Waals surface area (Å²) in [4.78, 5) is 54.6. The van der Waals surface area contributed by atoms with Crippen molar-refractivity contribution in [3.63, 3.8) is 0 Å². The fraction of sp³-hybridized carbons (Fsp3) is 0.500. The SMILES string of the molecule is C[C@](Cc1c[nH]c2ccccc12)(NC(=O)OC1C2CC3CC(C2)CC1C3)C(=O)NC[C@H](NC(=O)CCCC(=O)O)c1ccccc1. The highest BCUT2D eigenvalue weighted by Crippen LogP contribution is 2.54. The van der Waals surface area contributed by atoms with Crippen molar-refractivity contribution in [3.05, 3.63) is 71.9 Å². The van der Waals surface area contributed by atoms with Crippen molar-refractivity contribution >= 4 is 34.8 Å². The first kappa shape index (κ1) is 31.6. The molecule has 4 saturated carbocycles. The maximum Gasteiger partial charge on any atom is 0.408 e. The molecule has 3 amide bonds. The van der Waals surface area contributed by atoms with Crippen LogP contribution in [-0.2, 0) is 25.5 Å². The highest BCUT2D eigenvalue weighted by molar-refractivity contribution is 5.91. The Morgan fingerprint density at radius 3 is 2.30 bits per heavy atom. The van der Waals surface area contributed by atoms with Crippen molar-refractivity contribution in [1.29, 1.82) is 0 Å². The van der Waals surface area contributed by atoms with Crippen LogP contribution in [0, 0.1) is 23.7 Å². The first-order valence-electron chi connectivity index (χ1n) is 16.5. The minimum absolute atomic E-state index is 0.0555. The lowest BCUT2D eigenvalue weighted by Gasteiger charge is -2.53. The number of carbonyl (C=O) groups excluding carboxylic acids is 3. The van der Waals surface area contributed by atoms with Crippen molar-refractivity contribution in [2.75, 3.05) is 6.54 Å². The molecule has 46 heavy (non-hydrogen) atoms. The molecule has 2 aromatic carbocycles. The van der Waals surface area contributed by atoms with Crippen molar-refractivity contribution < 1.29 is 29.0 Å². The van der Waals surface area contributed by atoms with E-state index in [1.165, 1.54) is 6.42 Å². The van der Waals surface area contributed by atoms with Crippen LogP contribution in [0.2, 0.25) is 0 Å². The molecule has 10 heteroatoms. The number of fused-ring (bicyclic) bond motifs is 1. The number of amides is 3. The van der Waals surface area contributed by atoms with Crippen LogP contribution in [0.3, 0.4) is 0 Å². The maximum absolute atomic E-state index is 14.1. The molecule has 7 rings (SSSR count). The molecule has 4 aliphatic carbocycles. The van der Waals surface area contributed by atoms with Crippen LogP contribution >= 0.6 is 0 Å². The number of H-pyrrole nitrogens is 1. The van der Waals surface area contributed by atoms with Crippen molar-refractivity contribution in [1.82, 2.24) is 20.9 Å². The van der Waals surface area contributed by atoms with Gasteiger partial charge in [-0.3, -0.25) is 14.4 Å². The molecule has 4 bridgehead atoms. The van der Waals surface area contributed by atoms with E-state index in [9.17, 15) is 19.2 Å². The first-order valence-corrected chi connectivity index (χ1v) is 16.5. The second kappa shape index (κ2) is 13.6. The fourth-order valence-electron chi connectivity index (χ4n) is 8.28. The Balaban J connectivity index is 1.18. The summed E-state index contributed by atoms with van der Waals surface area (Å²) in [7, 11) is 0. The number of hydrogen-bond donors (Lipinski definition) is 5. The van der Waals surface area contributed by atoms with Gasteiger partial charge in [-0.1, -0.05) is 48.5 Å². The number of benzene rings is 2. The fourth-order valence-corrected chi connectivity index (χ4v) is 8.28. The molecule has 10 nitrogen and oxygen atoms in total. The van der Waals surface area contributed by atoms with Crippen LogP contribution in [-0.4, -0.2) is 52.2 Å². The van der Waals surface area contributed by atoms with Crippen LogP contribution in [0.1, 0.15) is 75.5 Å². The third-order valence-electron chi connectivity index (χ3n) is 10.3. The van der Waals surface area contributed by atoms with Gasteiger partial charge in [-0.05, 0) is 86.3 Å². The molecule has 0 spiro atoms. The molecule has 244 valence electrons. The topological polar surface area (TPSA) is 150 Å². The average molecular weight is 629 g/mol. The number of aromatic amines is 1. The maximum atomic E-state index is 14.1. The molecule has 4 fully saturated rings. The molecule has 2 atom stereocenters. The Bertz CT molecular complexity index is 1540. The minimum Gasteiger partial charge on any atom is -0.481 e. The molecule has 0 radical (unpaired) electrons. The summed E-state index contributed by atoms with van der Waals surface area (Å²) < 4.78 is 6.15. The van der Waals surface area contributed by atoms with Gasteiger partial charge in [0.1, 0.15) is 11.6 Å². The highest BCUT2D eigenvalue weighted by Gasteiger charge is 2.50. The summed E-state index contributed by atoms with van der Waals surface area (Å²) in [5.41, 5.74) is 1.25.